The minimum atomic E-state index is -3.76. The molecule has 220 valence electrons. The van der Waals surface area contributed by atoms with Gasteiger partial charge in [-0.05, 0) is 89.6 Å². The summed E-state index contributed by atoms with van der Waals surface area (Å²) in [6.45, 7) is 10.5. The quantitative estimate of drug-likeness (QED) is 0.334. The summed E-state index contributed by atoms with van der Waals surface area (Å²) in [5, 5.41) is 6.31. The second-order valence-electron chi connectivity index (χ2n) is 12.8. The summed E-state index contributed by atoms with van der Waals surface area (Å²) in [4.78, 5) is 16.8. The summed E-state index contributed by atoms with van der Waals surface area (Å²) < 4.78 is 38.4. The zero-order valence-electron chi connectivity index (χ0n) is 24.4. The number of hydrogen-bond donors (Lipinski definition) is 0. The van der Waals surface area contributed by atoms with E-state index < -0.39 is 15.7 Å². The largest absolute Gasteiger partial charge is 0.444 e. The number of nitrogens with zero attached hydrogens (tertiary/aromatic N) is 4. The van der Waals surface area contributed by atoms with Crippen LogP contribution in [0.4, 0.5) is 10.5 Å². The molecule has 3 aromatic rings. The fourth-order valence-corrected chi connectivity index (χ4v) is 6.73. The number of anilines is 1. The average molecular weight is 581 g/mol. The Hall–Kier alpha value is -3.11. The minimum absolute atomic E-state index is 0.174. The van der Waals surface area contributed by atoms with E-state index in [-0.39, 0.29) is 29.6 Å². The van der Waals surface area contributed by atoms with Crippen LogP contribution in [0.5, 0.6) is 0 Å². The van der Waals surface area contributed by atoms with E-state index in [1.807, 2.05) is 27.7 Å². The van der Waals surface area contributed by atoms with Gasteiger partial charge < -0.3 is 14.5 Å². The van der Waals surface area contributed by atoms with Gasteiger partial charge in [0.2, 0.25) is 0 Å². The van der Waals surface area contributed by atoms with Crippen molar-refractivity contribution in [3.05, 3.63) is 53.7 Å². The maximum atomic E-state index is 12.6. The van der Waals surface area contributed by atoms with E-state index in [0.717, 1.165) is 42.7 Å². The van der Waals surface area contributed by atoms with Crippen molar-refractivity contribution in [2.45, 2.75) is 75.8 Å². The van der Waals surface area contributed by atoms with Crippen LogP contribution in [0, 0.1) is 12.8 Å². The second kappa shape index (κ2) is 10.6. The number of piperazine rings is 1. The summed E-state index contributed by atoms with van der Waals surface area (Å²) in [5.74, 6) is 0.703. The second-order valence-corrected chi connectivity index (χ2v) is 14.4. The smallest absolute Gasteiger partial charge is 0.410 e. The van der Waals surface area contributed by atoms with Crippen LogP contribution in [0.15, 0.2) is 47.4 Å². The van der Waals surface area contributed by atoms with E-state index in [2.05, 4.69) is 27.8 Å². The molecule has 1 aromatic heterocycles. The summed E-state index contributed by atoms with van der Waals surface area (Å²) in [7, 11) is -3.76. The molecule has 9 nitrogen and oxygen atoms in total. The van der Waals surface area contributed by atoms with Crippen LogP contribution in [0.25, 0.3) is 10.9 Å². The number of rotatable bonds is 7. The van der Waals surface area contributed by atoms with Gasteiger partial charge in [0.1, 0.15) is 5.60 Å². The van der Waals surface area contributed by atoms with Gasteiger partial charge in [0.05, 0.1) is 28.8 Å². The number of hydrogen-bond acceptors (Lipinski definition) is 7. The lowest BCUT2D eigenvalue weighted by atomic mass is 9.81. The van der Waals surface area contributed by atoms with Crippen molar-refractivity contribution in [3.63, 3.8) is 0 Å². The molecule has 1 saturated heterocycles. The summed E-state index contributed by atoms with van der Waals surface area (Å²) in [5.41, 5.74) is 3.96. The Morgan fingerprint density at radius 2 is 1.68 bits per heavy atom. The Labute approximate surface area is 242 Å². The van der Waals surface area contributed by atoms with Gasteiger partial charge in [-0.3, -0.25) is 8.86 Å². The van der Waals surface area contributed by atoms with Gasteiger partial charge in [-0.2, -0.15) is 13.5 Å². The topological polar surface area (TPSA) is 94.0 Å². The number of aryl methyl sites for hydroxylation is 1. The molecule has 2 heterocycles. The SMILES string of the molecule is Cc1ccc(S(=O)(=O)OC[C@H]2C[C@H](n3nc(C4CC4)c4ccc(N5CCN(C(=O)OC(C)(C)C)CC5)cc43)C2)cc1. The van der Waals surface area contributed by atoms with Crippen LogP contribution in [-0.4, -0.2) is 67.6 Å². The monoisotopic (exact) mass is 580 g/mol. The molecule has 3 fully saturated rings. The predicted molar refractivity (Wildman–Crippen MR) is 158 cm³/mol. The highest BCUT2D eigenvalue weighted by molar-refractivity contribution is 7.86. The van der Waals surface area contributed by atoms with E-state index in [1.54, 1.807) is 29.2 Å². The molecule has 1 aliphatic heterocycles. The van der Waals surface area contributed by atoms with Gasteiger partial charge in [0, 0.05) is 43.2 Å². The molecule has 2 aliphatic carbocycles. The van der Waals surface area contributed by atoms with Crippen molar-refractivity contribution >= 4 is 32.8 Å². The van der Waals surface area contributed by atoms with Crippen molar-refractivity contribution in [3.8, 4) is 0 Å². The lowest BCUT2D eigenvalue weighted by Crippen LogP contribution is -2.50. The Morgan fingerprint density at radius 3 is 2.32 bits per heavy atom. The zero-order chi connectivity index (χ0) is 28.9. The standard InChI is InChI=1S/C31H40N4O5S/c1-21-5-10-26(11-6-21)41(37,38)39-20-22-17-25(18-22)35-28-19-24(9-12-27(28)29(32-35)23-7-8-23)33-13-15-34(16-14-33)30(36)40-31(2,3)4/h5-6,9-12,19,22-23,25H,7-8,13-18,20H2,1-4H3/t22-,25-. The number of carbonyl (C=O) groups is 1. The maximum absolute atomic E-state index is 12.6. The van der Waals surface area contributed by atoms with Gasteiger partial charge in [0.25, 0.3) is 10.1 Å². The number of carbonyl (C=O) groups excluding carboxylic acids is 1. The summed E-state index contributed by atoms with van der Waals surface area (Å²) >= 11 is 0. The molecule has 0 atom stereocenters. The first-order valence-corrected chi connectivity index (χ1v) is 16.1. The zero-order valence-corrected chi connectivity index (χ0v) is 25.2. The third kappa shape index (κ3) is 6.09. The minimum Gasteiger partial charge on any atom is -0.444 e. The first-order chi connectivity index (χ1) is 19.5. The van der Waals surface area contributed by atoms with Crippen LogP contribution < -0.4 is 4.90 Å². The van der Waals surface area contributed by atoms with Crippen molar-refractivity contribution < 1.29 is 22.1 Å². The highest BCUT2D eigenvalue weighted by Crippen LogP contribution is 2.46. The lowest BCUT2D eigenvalue weighted by Gasteiger charge is -2.37. The van der Waals surface area contributed by atoms with Gasteiger partial charge >= 0.3 is 6.09 Å². The first kappa shape index (κ1) is 28.0. The van der Waals surface area contributed by atoms with E-state index in [0.29, 0.717) is 19.0 Å². The molecule has 0 bridgehead atoms. The van der Waals surface area contributed by atoms with E-state index in [1.165, 1.54) is 23.9 Å². The molecule has 3 aliphatic rings. The normalized spacial score (nSPS) is 21.7. The summed E-state index contributed by atoms with van der Waals surface area (Å²) in [6, 6.07) is 13.6. The van der Waals surface area contributed by atoms with Gasteiger partial charge in [-0.1, -0.05) is 17.7 Å². The van der Waals surface area contributed by atoms with Crippen molar-refractivity contribution in [1.29, 1.82) is 0 Å². The Balaban J connectivity index is 1.12. The Kier molecular flexibility index (Phi) is 7.26. The highest BCUT2D eigenvalue weighted by atomic mass is 32.2. The third-order valence-electron chi connectivity index (χ3n) is 8.31. The van der Waals surface area contributed by atoms with Crippen LogP contribution >= 0.6 is 0 Å². The molecule has 0 N–H and O–H groups in total. The first-order valence-electron chi connectivity index (χ1n) is 14.7. The highest BCUT2D eigenvalue weighted by Gasteiger charge is 2.36. The molecule has 0 unspecified atom stereocenters. The van der Waals surface area contributed by atoms with Crippen LogP contribution in [0.3, 0.4) is 0 Å². The average Bonchev–Trinajstić information content (AvgIpc) is 3.68. The van der Waals surface area contributed by atoms with Crippen molar-refractivity contribution in [2.24, 2.45) is 5.92 Å². The van der Waals surface area contributed by atoms with Crippen LogP contribution in [0.2, 0.25) is 0 Å². The maximum Gasteiger partial charge on any atom is 0.410 e. The van der Waals surface area contributed by atoms with Gasteiger partial charge in [0.15, 0.2) is 0 Å². The molecule has 10 heteroatoms. The fraction of sp³-hybridized carbons (Fsp3) is 0.548. The number of amides is 1. The molecular weight excluding hydrogens is 540 g/mol. The Morgan fingerprint density at radius 1 is 1.00 bits per heavy atom. The molecule has 2 aromatic carbocycles. The van der Waals surface area contributed by atoms with E-state index >= 15 is 0 Å². The number of fused-ring (bicyclic) bond motifs is 1. The van der Waals surface area contributed by atoms with Gasteiger partial charge in [-0.25, -0.2) is 4.79 Å². The van der Waals surface area contributed by atoms with Crippen molar-refractivity contribution in [1.82, 2.24) is 14.7 Å². The van der Waals surface area contributed by atoms with Crippen LogP contribution in [0.1, 0.15) is 69.7 Å². The molecule has 6 rings (SSSR count). The number of ether oxygens (including phenoxy) is 1. The Bertz CT molecular complexity index is 1520. The lowest BCUT2D eigenvalue weighted by molar-refractivity contribution is 0.0240. The van der Waals surface area contributed by atoms with E-state index in [9.17, 15) is 13.2 Å². The molecule has 0 radical (unpaired) electrons. The molecule has 1 amide bonds. The molecule has 2 saturated carbocycles. The van der Waals surface area contributed by atoms with Crippen molar-refractivity contribution in [2.75, 3.05) is 37.7 Å². The third-order valence-corrected chi connectivity index (χ3v) is 9.60. The number of benzene rings is 2. The molecule has 41 heavy (non-hydrogen) atoms. The predicted octanol–water partition coefficient (Wildman–Crippen LogP) is 5.64. The fourth-order valence-electron chi connectivity index (χ4n) is 5.75. The van der Waals surface area contributed by atoms with E-state index in [4.69, 9.17) is 14.0 Å². The number of aromatic nitrogens is 2. The molecular formula is C31H40N4O5S. The summed E-state index contributed by atoms with van der Waals surface area (Å²) in [6.07, 6.45) is 3.78. The van der Waals surface area contributed by atoms with Crippen LogP contribution in [-0.2, 0) is 19.0 Å². The van der Waals surface area contributed by atoms with Gasteiger partial charge in [-0.15, -0.1) is 0 Å². The molecule has 0 spiro atoms.